The molecule has 1 heterocycles. The molecule has 0 bridgehead atoms. The van der Waals surface area contributed by atoms with E-state index in [4.69, 9.17) is 37.7 Å². The standard InChI is InChI=1S/C37H40Cl2N6O4/c1-24-7-5-8-30-33(24)43-35-31(9-6-10-32(35)36(46)40-17-20-44(2)3)34(30)41-25-21-26(23-29(22-25)48-4)42-37(47)49-28-13-11-27(12-14-28)45(18-15-38)19-16-39/h5-14,21-23H,15-20H2,1-4H3,(H,40,46)(H,41,43)(H,42,47). The minimum atomic E-state index is -0.661. The molecule has 0 unspecified atom stereocenters. The van der Waals surface area contributed by atoms with Gasteiger partial charge in [0.15, 0.2) is 0 Å². The predicted molar refractivity (Wildman–Crippen MR) is 201 cm³/mol. The molecule has 0 aliphatic rings. The summed E-state index contributed by atoms with van der Waals surface area (Å²) < 4.78 is 11.2. The van der Waals surface area contributed by atoms with Crippen LogP contribution in [-0.2, 0) is 0 Å². The molecule has 0 saturated carbocycles. The lowest BCUT2D eigenvalue weighted by Gasteiger charge is -2.22. The molecule has 49 heavy (non-hydrogen) atoms. The quantitative estimate of drug-likeness (QED) is 0.0801. The smallest absolute Gasteiger partial charge is 0.417 e. The zero-order valence-electron chi connectivity index (χ0n) is 28.0. The van der Waals surface area contributed by atoms with Crippen LogP contribution in [0, 0.1) is 6.92 Å². The third kappa shape index (κ3) is 8.83. The van der Waals surface area contributed by atoms with Gasteiger partial charge in [-0.05, 0) is 63.0 Å². The van der Waals surface area contributed by atoms with Gasteiger partial charge in [0.25, 0.3) is 5.91 Å². The van der Waals surface area contributed by atoms with Gasteiger partial charge in [-0.2, -0.15) is 0 Å². The van der Waals surface area contributed by atoms with Crippen molar-refractivity contribution < 1.29 is 19.1 Å². The third-order valence-corrected chi connectivity index (χ3v) is 8.24. The summed E-state index contributed by atoms with van der Waals surface area (Å²) in [6, 6.07) is 24.0. The summed E-state index contributed by atoms with van der Waals surface area (Å²) in [6.45, 7) is 4.52. The lowest BCUT2D eigenvalue weighted by Crippen LogP contribution is -2.31. The van der Waals surface area contributed by atoms with E-state index in [1.807, 2.05) is 74.4 Å². The number of aryl methyl sites for hydroxylation is 1. The summed E-state index contributed by atoms with van der Waals surface area (Å²) >= 11 is 11.9. The maximum atomic E-state index is 13.3. The first kappa shape index (κ1) is 35.5. The zero-order chi connectivity index (χ0) is 34.9. The number of ether oxygens (including phenoxy) is 2. The van der Waals surface area contributed by atoms with E-state index < -0.39 is 6.09 Å². The first-order valence-electron chi connectivity index (χ1n) is 15.9. The molecule has 0 aliphatic heterocycles. The summed E-state index contributed by atoms with van der Waals surface area (Å²) in [5.41, 5.74) is 5.62. The van der Waals surface area contributed by atoms with Crippen LogP contribution < -0.4 is 30.3 Å². The molecule has 5 aromatic rings. The number of likely N-dealkylation sites (N-methyl/N-ethyl adjacent to an activating group) is 1. The van der Waals surface area contributed by atoms with Gasteiger partial charge in [-0.1, -0.05) is 30.3 Å². The highest BCUT2D eigenvalue weighted by molar-refractivity contribution is 6.18. The second kappa shape index (κ2) is 16.6. The van der Waals surface area contributed by atoms with Crippen molar-refractivity contribution in [3.63, 3.8) is 0 Å². The first-order valence-corrected chi connectivity index (χ1v) is 16.9. The lowest BCUT2D eigenvalue weighted by molar-refractivity contribution is 0.0952. The summed E-state index contributed by atoms with van der Waals surface area (Å²) in [5.74, 6) is 1.65. The average Bonchev–Trinajstić information content (AvgIpc) is 3.08. The Morgan fingerprint density at radius 1 is 0.816 bits per heavy atom. The number of benzene rings is 4. The molecule has 0 aliphatic carbocycles. The minimum absolute atomic E-state index is 0.192. The van der Waals surface area contributed by atoms with Crippen LogP contribution in [0.25, 0.3) is 21.8 Å². The van der Waals surface area contributed by atoms with E-state index >= 15 is 0 Å². The van der Waals surface area contributed by atoms with E-state index in [1.54, 1.807) is 37.4 Å². The van der Waals surface area contributed by atoms with Crippen molar-refractivity contribution in [3.05, 3.63) is 90.0 Å². The molecule has 256 valence electrons. The summed E-state index contributed by atoms with van der Waals surface area (Å²) in [5, 5.41) is 11.0. The Balaban J connectivity index is 1.43. The summed E-state index contributed by atoms with van der Waals surface area (Å²) in [6.07, 6.45) is -0.661. The first-order chi connectivity index (χ1) is 23.7. The third-order valence-electron chi connectivity index (χ3n) is 7.90. The highest BCUT2D eigenvalue weighted by Crippen LogP contribution is 2.37. The van der Waals surface area contributed by atoms with Crippen LogP contribution in [0.15, 0.2) is 78.9 Å². The number of alkyl halides is 2. The van der Waals surface area contributed by atoms with E-state index in [1.165, 1.54) is 0 Å². The van der Waals surface area contributed by atoms with Crippen molar-refractivity contribution in [2.75, 3.05) is 74.7 Å². The molecule has 0 radical (unpaired) electrons. The molecule has 12 heteroatoms. The molecular weight excluding hydrogens is 663 g/mol. The monoisotopic (exact) mass is 702 g/mol. The SMILES string of the molecule is COc1cc(NC(=O)Oc2ccc(N(CCCl)CCCl)cc2)cc(Nc2c3cccc(C)c3nc3c(C(=O)NCCN(C)C)cccc23)c1. The number of nitrogens with one attached hydrogen (secondary N) is 3. The van der Waals surface area contributed by atoms with Crippen LogP contribution in [0.5, 0.6) is 11.5 Å². The van der Waals surface area contributed by atoms with Gasteiger partial charge in [-0.15, -0.1) is 23.2 Å². The van der Waals surface area contributed by atoms with E-state index in [0.717, 1.165) is 33.2 Å². The second-order valence-corrected chi connectivity index (χ2v) is 12.4. The van der Waals surface area contributed by atoms with Gasteiger partial charge < -0.3 is 29.9 Å². The number of methoxy groups -OCH3 is 1. The van der Waals surface area contributed by atoms with Crippen LogP contribution >= 0.6 is 23.2 Å². The molecule has 4 aromatic carbocycles. The van der Waals surface area contributed by atoms with E-state index in [9.17, 15) is 9.59 Å². The van der Waals surface area contributed by atoms with Gasteiger partial charge in [0.2, 0.25) is 0 Å². The average molecular weight is 704 g/mol. The van der Waals surface area contributed by atoms with E-state index in [-0.39, 0.29) is 5.91 Å². The van der Waals surface area contributed by atoms with E-state index in [0.29, 0.717) is 71.9 Å². The Morgan fingerprint density at radius 2 is 1.49 bits per heavy atom. The fourth-order valence-electron chi connectivity index (χ4n) is 5.49. The zero-order valence-corrected chi connectivity index (χ0v) is 29.5. The van der Waals surface area contributed by atoms with Crippen molar-refractivity contribution in [2.45, 2.75) is 6.92 Å². The number of aromatic nitrogens is 1. The molecule has 1 aromatic heterocycles. The van der Waals surface area contributed by atoms with Crippen LogP contribution in [0.4, 0.5) is 27.5 Å². The topological polar surface area (TPSA) is 108 Å². The largest absolute Gasteiger partial charge is 0.497 e. The van der Waals surface area contributed by atoms with Crippen molar-refractivity contribution in [3.8, 4) is 11.5 Å². The molecule has 10 nitrogen and oxygen atoms in total. The summed E-state index contributed by atoms with van der Waals surface area (Å²) in [4.78, 5) is 35.4. The number of carbonyl (C=O) groups excluding carboxylic acids is 2. The normalized spacial score (nSPS) is 11.1. The van der Waals surface area contributed by atoms with Gasteiger partial charge >= 0.3 is 6.09 Å². The number of nitrogens with zero attached hydrogens (tertiary/aromatic N) is 3. The van der Waals surface area contributed by atoms with Crippen LogP contribution in [0.3, 0.4) is 0 Å². The highest BCUT2D eigenvalue weighted by Gasteiger charge is 2.18. The Hall–Kier alpha value is -4.77. The van der Waals surface area contributed by atoms with Crippen LogP contribution in [0.1, 0.15) is 15.9 Å². The number of halogens is 2. The lowest BCUT2D eigenvalue weighted by atomic mass is 10.0. The molecule has 0 atom stereocenters. The maximum Gasteiger partial charge on any atom is 0.417 e. The van der Waals surface area contributed by atoms with Crippen LogP contribution in [-0.4, -0.2) is 81.0 Å². The Kier molecular flexibility index (Phi) is 12.0. The van der Waals surface area contributed by atoms with Gasteiger partial charge in [-0.3, -0.25) is 10.1 Å². The highest BCUT2D eigenvalue weighted by atomic mass is 35.5. The predicted octanol–water partition coefficient (Wildman–Crippen LogP) is 7.63. The number of fused-ring (bicyclic) bond motifs is 2. The fourth-order valence-corrected chi connectivity index (χ4v) is 5.90. The Labute approximate surface area is 296 Å². The Bertz CT molecular complexity index is 1930. The molecule has 5 rings (SSSR count). The van der Waals surface area contributed by atoms with E-state index in [2.05, 4.69) is 20.9 Å². The maximum absolute atomic E-state index is 13.3. The number of carbonyl (C=O) groups is 2. The van der Waals surface area contributed by atoms with Crippen molar-refractivity contribution in [1.29, 1.82) is 0 Å². The number of para-hydroxylation sites is 2. The number of amides is 2. The molecule has 0 saturated heterocycles. The molecule has 3 N–H and O–H groups in total. The minimum Gasteiger partial charge on any atom is -0.497 e. The van der Waals surface area contributed by atoms with Gasteiger partial charge in [0.05, 0.1) is 29.4 Å². The van der Waals surface area contributed by atoms with Crippen molar-refractivity contribution in [1.82, 2.24) is 15.2 Å². The van der Waals surface area contributed by atoms with Gasteiger partial charge in [0.1, 0.15) is 11.5 Å². The molecule has 2 amide bonds. The van der Waals surface area contributed by atoms with Gasteiger partial charge in [0, 0.05) is 77.9 Å². The molecular formula is C37H40Cl2N6O4. The second-order valence-electron chi connectivity index (χ2n) is 11.7. The number of anilines is 4. The van der Waals surface area contributed by atoms with Crippen molar-refractivity contribution in [2.24, 2.45) is 0 Å². The number of hydrogen-bond acceptors (Lipinski definition) is 8. The Morgan fingerprint density at radius 3 is 2.16 bits per heavy atom. The van der Waals surface area contributed by atoms with Gasteiger partial charge in [-0.25, -0.2) is 9.78 Å². The number of rotatable bonds is 14. The van der Waals surface area contributed by atoms with Crippen molar-refractivity contribution >= 4 is 79.8 Å². The molecule has 0 spiro atoms. The summed E-state index contributed by atoms with van der Waals surface area (Å²) in [7, 11) is 5.48. The number of pyridine rings is 1. The molecule has 0 fully saturated rings. The van der Waals surface area contributed by atoms with Crippen LogP contribution in [0.2, 0.25) is 0 Å². The number of hydrogen-bond donors (Lipinski definition) is 3. The fraction of sp³-hybridized carbons (Fsp3) is 0.270.